The zero-order chi connectivity index (χ0) is 13.1. The first-order valence-electron chi connectivity index (χ1n) is 7.08. The third kappa shape index (κ3) is 2.66. The number of aromatic nitrogens is 2. The molecule has 2 aliphatic heterocycles. The summed E-state index contributed by atoms with van der Waals surface area (Å²) in [6, 6.07) is 0. The van der Waals surface area contributed by atoms with Gasteiger partial charge in [-0.1, -0.05) is 18.5 Å². The van der Waals surface area contributed by atoms with Gasteiger partial charge in [0.05, 0.1) is 12.0 Å². The minimum absolute atomic E-state index is 0.00397. The molecule has 0 radical (unpaired) electrons. The van der Waals surface area contributed by atoms with E-state index in [2.05, 4.69) is 22.4 Å². The van der Waals surface area contributed by atoms with Crippen LogP contribution in [-0.4, -0.2) is 41.3 Å². The molecule has 1 aromatic rings. The Morgan fingerprint density at radius 2 is 2.47 bits per heavy atom. The average molecular weight is 283 g/mol. The second kappa shape index (κ2) is 5.81. The van der Waals surface area contributed by atoms with Crippen molar-refractivity contribution in [3.05, 3.63) is 11.7 Å². The van der Waals surface area contributed by atoms with Crippen molar-refractivity contribution in [3.63, 3.8) is 0 Å². The van der Waals surface area contributed by atoms with E-state index in [0.717, 1.165) is 62.2 Å². The highest BCUT2D eigenvalue weighted by Crippen LogP contribution is 2.35. The van der Waals surface area contributed by atoms with Crippen LogP contribution in [0.25, 0.3) is 0 Å². The molecule has 19 heavy (non-hydrogen) atoms. The van der Waals surface area contributed by atoms with Crippen molar-refractivity contribution in [1.82, 2.24) is 15.5 Å². The van der Waals surface area contributed by atoms with Gasteiger partial charge in [0.2, 0.25) is 11.7 Å². The number of thioether (sulfide) groups is 1. The SMILES string of the molecule is CCCC1(c2nc(C3CSCCO3)no2)CCNC1. The van der Waals surface area contributed by atoms with Crippen molar-refractivity contribution in [2.75, 3.05) is 31.2 Å². The van der Waals surface area contributed by atoms with Gasteiger partial charge in [-0.3, -0.25) is 0 Å². The molecular weight excluding hydrogens is 262 g/mol. The van der Waals surface area contributed by atoms with Crippen LogP contribution in [-0.2, 0) is 10.2 Å². The summed E-state index contributed by atoms with van der Waals surface area (Å²) in [7, 11) is 0. The Morgan fingerprint density at radius 3 is 3.16 bits per heavy atom. The van der Waals surface area contributed by atoms with E-state index in [-0.39, 0.29) is 11.5 Å². The molecule has 2 saturated heterocycles. The monoisotopic (exact) mass is 283 g/mol. The lowest BCUT2D eigenvalue weighted by atomic mass is 9.82. The maximum Gasteiger partial charge on any atom is 0.234 e. The summed E-state index contributed by atoms with van der Waals surface area (Å²) >= 11 is 1.89. The number of hydrogen-bond acceptors (Lipinski definition) is 6. The third-order valence-electron chi connectivity index (χ3n) is 3.97. The zero-order valence-electron chi connectivity index (χ0n) is 11.4. The lowest BCUT2D eigenvalue weighted by Gasteiger charge is -2.23. The van der Waals surface area contributed by atoms with Crippen LogP contribution in [0, 0.1) is 0 Å². The summed E-state index contributed by atoms with van der Waals surface area (Å²) < 4.78 is 11.3. The number of hydrogen-bond donors (Lipinski definition) is 1. The smallest absolute Gasteiger partial charge is 0.234 e. The number of rotatable bonds is 4. The van der Waals surface area contributed by atoms with E-state index in [4.69, 9.17) is 9.26 Å². The van der Waals surface area contributed by atoms with Gasteiger partial charge in [0.1, 0.15) is 6.10 Å². The Morgan fingerprint density at radius 1 is 1.53 bits per heavy atom. The molecule has 1 aromatic heterocycles. The quantitative estimate of drug-likeness (QED) is 0.911. The Hall–Kier alpha value is -0.590. The number of nitrogens with one attached hydrogen (secondary N) is 1. The molecule has 3 rings (SSSR count). The Labute approximate surface area is 117 Å². The fourth-order valence-electron chi connectivity index (χ4n) is 2.94. The van der Waals surface area contributed by atoms with E-state index in [0.29, 0.717) is 0 Å². The molecule has 0 bridgehead atoms. The minimum Gasteiger partial charge on any atom is -0.368 e. The lowest BCUT2D eigenvalue weighted by molar-refractivity contribution is 0.0677. The molecule has 2 unspecified atom stereocenters. The first-order chi connectivity index (χ1) is 9.34. The van der Waals surface area contributed by atoms with Crippen LogP contribution in [0.5, 0.6) is 0 Å². The first kappa shape index (κ1) is 13.4. The molecule has 6 heteroatoms. The summed E-state index contributed by atoms with van der Waals surface area (Å²) in [5.74, 6) is 3.52. The van der Waals surface area contributed by atoms with Crippen LogP contribution in [0.4, 0.5) is 0 Å². The van der Waals surface area contributed by atoms with Crippen LogP contribution in [0.2, 0.25) is 0 Å². The molecule has 0 aromatic carbocycles. The third-order valence-corrected chi connectivity index (χ3v) is 4.97. The summed E-state index contributed by atoms with van der Waals surface area (Å²) in [5, 5.41) is 7.58. The minimum atomic E-state index is 0.00397. The van der Waals surface area contributed by atoms with Crippen molar-refractivity contribution in [1.29, 1.82) is 0 Å². The van der Waals surface area contributed by atoms with E-state index < -0.39 is 0 Å². The van der Waals surface area contributed by atoms with Gasteiger partial charge in [0.25, 0.3) is 0 Å². The van der Waals surface area contributed by atoms with Crippen LogP contribution < -0.4 is 5.32 Å². The standard InChI is InChI=1S/C13H21N3O2S/c1-2-3-13(4-5-14-9-13)12-15-11(16-18-12)10-8-19-7-6-17-10/h10,14H,2-9H2,1H3. The summed E-state index contributed by atoms with van der Waals surface area (Å²) in [6.45, 7) is 4.97. The fraction of sp³-hybridized carbons (Fsp3) is 0.846. The van der Waals surface area contributed by atoms with E-state index >= 15 is 0 Å². The number of nitrogens with zero attached hydrogens (tertiary/aromatic N) is 2. The molecule has 0 saturated carbocycles. The lowest BCUT2D eigenvalue weighted by Crippen LogP contribution is -2.29. The highest BCUT2D eigenvalue weighted by Gasteiger charge is 2.40. The van der Waals surface area contributed by atoms with Crippen LogP contribution in [0.3, 0.4) is 0 Å². The molecule has 106 valence electrons. The van der Waals surface area contributed by atoms with Crippen molar-refractivity contribution in [3.8, 4) is 0 Å². The van der Waals surface area contributed by atoms with Crippen LogP contribution >= 0.6 is 11.8 Å². The second-order valence-corrected chi connectivity index (χ2v) is 6.50. The Balaban J connectivity index is 1.79. The Kier molecular flexibility index (Phi) is 4.10. The van der Waals surface area contributed by atoms with E-state index in [9.17, 15) is 0 Å². The zero-order valence-corrected chi connectivity index (χ0v) is 12.2. The van der Waals surface area contributed by atoms with Crippen molar-refractivity contribution < 1.29 is 9.26 Å². The summed E-state index contributed by atoms with van der Waals surface area (Å²) in [6.07, 6.45) is 3.32. The van der Waals surface area contributed by atoms with E-state index in [1.54, 1.807) is 0 Å². The average Bonchev–Trinajstić information content (AvgIpc) is 3.09. The molecule has 0 aliphatic carbocycles. The van der Waals surface area contributed by atoms with Gasteiger partial charge in [-0.15, -0.1) is 0 Å². The van der Waals surface area contributed by atoms with E-state index in [1.165, 1.54) is 0 Å². The normalized spacial score (nSPS) is 31.7. The number of ether oxygens (including phenoxy) is 1. The maximum absolute atomic E-state index is 5.71. The maximum atomic E-state index is 5.71. The molecule has 5 nitrogen and oxygen atoms in total. The molecule has 0 spiro atoms. The molecule has 2 atom stereocenters. The van der Waals surface area contributed by atoms with Crippen molar-refractivity contribution >= 4 is 11.8 Å². The fourth-order valence-corrected chi connectivity index (χ4v) is 3.78. The van der Waals surface area contributed by atoms with Crippen molar-refractivity contribution in [2.45, 2.75) is 37.7 Å². The van der Waals surface area contributed by atoms with Gasteiger partial charge in [-0.05, 0) is 19.4 Å². The first-order valence-corrected chi connectivity index (χ1v) is 8.24. The predicted molar refractivity (Wildman–Crippen MR) is 74.4 cm³/mol. The van der Waals surface area contributed by atoms with Gasteiger partial charge in [0, 0.05) is 18.1 Å². The van der Waals surface area contributed by atoms with Crippen LogP contribution in [0.15, 0.2) is 4.52 Å². The van der Waals surface area contributed by atoms with Crippen LogP contribution in [0.1, 0.15) is 44.0 Å². The van der Waals surface area contributed by atoms with Gasteiger partial charge in [0.15, 0.2) is 0 Å². The second-order valence-electron chi connectivity index (χ2n) is 5.35. The topological polar surface area (TPSA) is 60.2 Å². The highest BCUT2D eigenvalue weighted by atomic mass is 32.2. The molecule has 2 fully saturated rings. The molecule has 1 N–H and O–H groups in total. The highest BCUT2D eigenvalue weighted by molar-refractivity contribution is 7.99. The van der Waals surface area contributed by atoms with Gasteiger partial charge in [-0.2, -0.15) is 16.7 Å². The molecule has 2 aliphatic rings. The largest absolute Gasteiger partial charge is 0.368 e. The summed E-state index contributed by atoms with van der Waals surface area (Å²) in [5.41, 5.74) is 0.0435. The van der Waals surface area contributed by atoms with E-state index in [1.807, 2.05) is 11.8 Å². The van der Waals surface area contributed by atoms with Gasteiger partial charge >= 0.3 is 0 Å². The van der Waals surface area contributed by atoms with Gasteiger partial charge in [-0.25, -0.2) is 0 Å². The molecular formula is C13H21N3O2S. The molecule has 0 amide bonds. The summed E-state index contributed by atoms with van der Waals surface area (Å²) in [4.78, 5) is 4.65. The van der Waals surface area contributed by atoms with Crippen molar-refractivity contribution in [2.24, 2.45) is 0 Å². The van der Waals surface area contributed by atoms with Gasteiger partial charge < -0.3 is 14.6 Å². The molecule has 3 heterocycles. The Bertz CT molecular complexity index is 412. The predicted octanol–water partition coefficient (Wildman–Crippen LogP) is 1.91.